The number of rotatable bonds is 9. The van der Waals surface area contributed by atoms with Gasteiger partial charge in [-0.05, 0) is 91.6 Å². The fraction of sp³-hybridized carbons (Fsp3) is 0.314. The summed E-state index contributed by atoms with van der Waals surface area (Å²) in [6, 6.07) is 19.0. The molecule has 1 aliphatic heterocycles. The molecule has 5 rings (SSSR count). The second kappa shape index (κ2) is 12.6. The first-order valence-electron chi connectivity index (χ1n) is 14.7. The summed E-state index contributed by atoms with van der Waals surface area (Å²) < 4.78 is 0. The van der Waals surface area contributed by atoms with E-state index in [2.05, 4.69) is 0 Å². The maximum absolute atomic E-state index is 13.7. The van der Waals surface area contributed by atoms with E-state index in [4.69, 9.17) is 0 Å². The van der Waals surface area contributed by atoms with Crippen LogP contribution in [-0.2, 0) is 9.59 Å². The zero-order chi connectivity index (χ0) is 31.7. The van der Waals surface area contributed by atoms with E-state index < -0.39 is 47.2 Å². The Labute approximate surface area is 255 Å². The topological polar surface area (TPSA) is 141 Å². The molecule has 0 unspecified atom stereocenters. The van der Waals surface area contributed by atoms with Gasteiger partial charge >= 0.3 is 0 Å². The van der Waals surface area contributed by atoms with E-state index in [9.17, 15) is 35.0 Å². The first-order chi connectivity index (χ1) is 21.0. The molecule has 0 aromatic heterocycles. The lowest BCUT2D eigenvalue weighted by Crippen LogP contribution is -2.38. The van der Waals surface area contributed by atoms with Crippen molar-refractivity contribution in [3.05, 3.63) is 110 Å². The van der Waals surface area contributed by atoms with Crippen molar-refractivity contribution in [2.24, 2.45) is 17.8 Å². The SMILES string of the molecule is CC1=C([C@H](O)CC/C(=C/c2cc(C)c(O)c(C)c2)c2ccccc2)[C@H](CO)[C@@H]2C(=O)N(c3cccc([N+](=O)[O-])c3)C(=O)[C@@H]2C1. The van der Waals surface area contributed by atoms with E-state index in [1.807, 2.05) is 69.3 Å². The van der Waals surface area contributed by atoms with Gasteiger partial charge < -0.3 is 15.3 Å². The summed E-state index contributed by atoms with van der Waals surface area (Å²) in [6.07, 6.45) is 2.11. The van der Waals surface area contributed by atoms with Crippen LogP contribution in [-0.4, -0.2) is 44.8 Å². The van der Waals surface area contributed by atoms with Gasteiger partial charge in [-0.15, -0.1) is 0 Å². The number of phenols is 1. The van der Waals surface area contributed by atoms with Crippen LogP contribution in [0.15, 0.2) is 77.9 Å². The Morgan fingerprint density at radius 3 is 2.34 bits per heavy atom. The number of aromatic hydroxyl groups is 1. The van der Waals surface area contributed by atoms with Crippen LogP contribution in [0.2, 0.25) is 0 Å². The van der Waals surface area contributed by atoms with E-state index in [0.29, 0.717) is 18.4 Å². The quantitative estimate of drug-likeness (QED) is 0.0941. The van der Waals surface area contributed by atoms with Crippen molar-refractivity contribution < 1.29 is 29.8 Å². The number of imide groups is 1. The van der Waals surface area contributed by atoms with Crippen LogP contribution in [0, 0.1) is 41.7 Å². The second-order valence-electron chi connectivity index (χ2n) is 11.7. The lowest BCUT2D eigenvalue weighted by atomic mass is 9.68. The van der Waals surface area contributed by atoms with Crippen LogP contribution in [0.5, 0.6) is 5.75 Å². The van der Waals surface area contributed by atoms with Crippen molar-refractivity contribution in [2.75, 3.05) is 11.5 Å². The number of amides is 2. The number of non-ortho nitro benzene ring substituents is 1. The predicted octanol–water partition coefficient (Wildman–Crippen LogP) is 5.73. The Morgan fingerprint density at radius 2 is 1.70 bits per heavy atom. The van der Waals surface area contributed by atoms with Gasteiger partial charge in [0.2, 0.25) is 11.8 Å². The van der Waals surface area contributed by atoms with Gasteiger partial charge in [0.15, 0.2) is 0 Å². The van der Waals surface area contributed by atoms with E-state index in [-0.39, 0.29) is 23.5 Å². The Bertz CT molecular complexity index is 1650. The molecular formula is C35H36N2O7. The van der Waals surface area contributed by atoms with E-state index >= 15 is 0 Å². The number of hydrogen-bond donors (Lipinski definition) is 3. The van der Waals surface area contributed by atoms with E-state index in [1.54, 1.807) is 0 Å². The molecule has 9 heteroatoms. The summed E-state index contributed by atoms with van der Waals surface area (Å²) in [6.45, 7) is 5.09. The number of allylic oxidation sites excluding steroid dienone is 2. The molecule has 3 aromatic rings. The molecule has 3 N–H and O–H groups in total. The van der Waals surface area contributed by atoms with Crippen molar-refractivity contribution in [3.8, 4) is 5.75 Å². The fourth-order valence-corrected chi connectivity index (χ4v) is 6.79. The van der Waals surface area contributed by atoms with Crippen molar-refractivity contribution in [1.29, 1.82) is 0 Å². The number of aliphatic hydroxyl groups excluding tert-OH is 2. The van der Waals surface area contributed by atoms with Crippen LogP contribution < -0.4 is 4.90 Å². The van der Waals surface area contributed by atoms with Crippen LogP contribution in [0.4, 0.5) is 11.4 Å². The number of hydrogen-bond acceptors (Lipinski definition) is 7. The van der Waals surface area contributed by atoms with Crippen molar-refractivity contribution in [1.82, 2.24) is 0 Å². The Hall–Kier alpha value is -4.60. The monoisotopic (exact) mass is 596 g/mol. The molecule has 3 aromatic carbocycles. The number of fused-ring (bicyclic) bond motifs is 1. The van der Waals surface area contributed by atoms with Gasteiger partial charge in [-0.25, -0.2) is 4.90 Å². The number of carbonyl (C=O) groups excluding carboxylic acids is 2. The summed E-state index contributed by atoms with van der Waals surface area (Å²) in [7, 11) is 0. The van der Waals surface area contributed by atoms with Gasteiger partial charge in [-0.1, -0.05) is 48.0 Å². The summed E-state index contributed by atoms with van der Waals surface area (Å²) in [5.74, 6) is -3.10. The minimum Gasteiger partial charge on any atom is -0.507 e. The number of benzene rings is 3. The Kier molecular flexibility index (Phi) is 8.80. The molecule has 1 heterocycles. The molecule has 1 fully saturated rings. The van der Waals surface area contributed by atoms with Crippen LogP contribution in [0.3, 0.4) is 0 Å². The maximum Gasteiger partial charge on any atom is 0.271 e. The van der Waals surface area contributed by atoms with Gasteiger partial charge in [0.05, 0.1) is 35.2 Å². The number of nitrogens with zero attached hydrogens (tertiary/aromatic N) is 2. The first kappa shape index (κ1) is 30.8. The average Bonchev–Trinajstić information content (AvgIpc) is 3.26. The van der Waals surface area contributed by atoms with Crippen LogP contribution >= 0.6 is 0 Å². The Morgan fingerprint density at radius 1 is 1.02 bits per heavy atom. The zero-order valence-electron chi connectivity index (χ0n) is 24.9. The molecule has 9 nitrogen and oxygen atoms in total. The largest absolute Gasteiger partial charge is 0.507 e. The molecule has 0 spiro atoms. The molecule has 1 saturated heterocycles. The highest BCUT2D eigenvalue weighted by Gasteiger charge is 2.55. The number of aryl methyl sites for hydroxylation is 2. The van der Waals surface area contributed by atoms with Crippen LogP contribution in [0.25, 0.3) is 11.6 Å². The van der Waals surface area contributed by atoms with Gasteiger partial charge in [0.1, 0.15) is 5.75 Å². The number of nitro benzene ring substituents is 1. The number of carbonyl (C=O) groups is 2. The van der Waals surface area contributed by atoms with Crippen molar-refractivity contribution in [3.63, 3.8) is 0 Å². The predicted molar refractivity (Wildman–Crippen MR) is 168 cm³/mol. The highest BCUT2D eigenvalue weighted by atomic mass is 16.6. The standard InChI is InChI=1S/C35H36N2O7/c1-20-16-28-32(35(42)36(34(28)41)26-10-7-11-27(18-26)37(43)44)29(19-38)31(20)30(39)13-12-25(24-8-5-4-6-9-24)17-23-14-21(2)33(40)22(3)15-23/h4-11,14-15,17-18,28-30,32,38-40H,12-13,16,19H2,1-3H3/b25-17-/t28-,29+,30-,32-/m1/s1. The summed E-state index contributed by atoms with van der Waals surface area (Å²) in [5.41, 5.74) is 5.63. The maximum atomic E-state index is 13.7. The number of nitro groups is 1. The van der Waals surface area contributed by atoms with Gasteiger partial charge in [0.25, 0.3) is 5.69 Å². The van der Waals surface area contributed by atoms with Crippen molar-refractivity contribution in [2.45, 2.75) is 46.1 Å². The number of phenolic OH excluding ortho intramolecular Hbond substituents is 1. The molecule has 0 radical (unpaired) electrons. The highest BCUT2D eigenvalue weighted by molar-refractivity contribution is 6.22. The molecular weight excluding hydrogens is 560 g/mol. The molecule has 0 bridgehead atoms. The number of aliphatic hydroxyl groups is 2. The van der Waals surface area contributed by atoms with E-state index in [0.717, 1.165) is 38.3 Å². The summed E-state index contributed by atoms with van der Waals surface area (Å²) >= 11 is 0. The molecule has 2 aliphatic rings. The Balaban J connectivity index is 1.42. The lowest BCUT2D eigenvalue weighted by molar-refractivity contribution is -0.384. The molecule has 228 valence electrons. The van der Waals surface area contributed by atoms with Crippen molar-refractivity contribution >= 4 is 34.8 Å². The zero-order valence-corrected chi connectivity index (χ0v) is 24.9. The van der Waals surface area contributed by atoms with Gasteiger partial charge in [0, 0.05) is 18.1 Å². The molecule has 0 saturated carbocycles. The third-order valence-corrected chi connectivity index (χ3v) is 8.87. The lowest BCUT2D eigenvalue weighted by Gasteiger charge is -2.35. The number of anilines is 1. The second-order valence-corrected chi connectivity index (χ2v) is 11.7. The summed E-state index contributed by atoms with van der Waals surface area (Å²) in [4.78, 5) is 38.9. The molecule has 2 amide bonds. The van der Waals surface area contributed by atoms with Gasteiger partial charge in [-0.3, -0.25) is 19.7 Å². The minimum absolute atomic E-state index is 0.123. The molecule has 1 aliphatic carbocycles. The third-order valence-electron chi connectivity index (χ3n) is 8.87. The molecule has 4 atom stereocenters. The fourth-order valence-electron chi connectivity index (χ4n) is 6.79. The van der Waals surface area contributed by atoms with E-state index in [1.165, 1.54) is 24.3 Å². The summed E-state index contributed by atoms with van der Waals surface area (Å²) in [5, 5.41) is 43.7. The normalized spacial score (nSPS) is 21.1. The smallest absolute Gasteiger partial charge is 0.271 e. The highest BCUT2D eigenvalue weighted by Crippen LogP contribution is 2.47. The van der Waals surface area contributed by atoms with Gasteiger partial charge in [-0.2, -0.15) is 0 Å². The third kappa shape index (κ3) is 5.80. The first-order valence-corrected chi connectivity index (χ1v) is 14.7. The van der Waals surface area contributed by atoms with Crippen LogP contribution in [0.1, 0.15) is 48.4 Å². The molecule has 44 heavy (non-hydrogen) atoms. The minimum atomic E-state index is -0.974. The average molecular weight is 597 g/mol.